The van der Waals surface area contributed by atoms with E-state index in [0.29, 0.717) is 19.5 Å². The number of benzene rings is 2. The number of rotatable bonds is 4. The fraction of sp³-hybridized carbons (Fsp3) is 0. The van der Waals surface area contributed by atoms with Crippen LogP contribution in [0.4, 0.5) is 43.9 Å². The van der Waals surface area contributed by atoms with E-state index >= 15 is 0 Å². The van der Waals surface area contributed by atoms with Crippen LogP contribution < -0.4 is 0 Å². The fourth-order valence-electron chi connectivity index (χ4n) is 3.45. The monoisotopic (exact) mass is 580 g/mol. The van der Waals surface area contributed by atoms with E-state index in [1.54, 1.807) is 12.1 Å². The molecule has 0 amide bonds. The maximum absolute atomic E-state index is 14.2. The predicted octanol–water partition coefficient (Wildman–Crippen LogP) is 9.93. The van der Waals surface area contributed by atoms with Gasteiger partial charge < -0.3 is 0 Å². The highest BCUT2D eigenvalue weighted by atomic mass is 32.1. The summed E-state index contributed by atoms with van der Waals surface area (Å²) in [4.78, 5) is 1.49. The summed E-state index contributed by atoms with van der Waals surface area (Å²) in [6, 6.07) is 8.41. The van der Waals surface area contributed by atoms with Gasteiger partial charge in [-0.3, -0.25) is 0 Å². The average Bonchev–Trinajstić information content (AvgIpc) is 3.65. The molecule has 0 saturated carbocycles. The highest BCUT2D eigenvalue weighted by Crippen LogP contribution is 2.45. The fourth-order valence-corrected chi connectivity index (χ4v) is 6.72. The van der Waals surface area contributed by atoms with Gasteiger partial charge in [0.25, 0.3) is 0 Å². The van der Waals surface area contributed by atoms with Gasteiger partial charge in [0.1, 0.15) is 0 Å². The van der Waals surface area contributed by atoms with Crippen molar-refractivity contribution >= 4 is 34.0 Å². The van der Waals surface area contributed by atoms with Gasteiger partial charge in [-0.05, 0) is 36.4 Å². The van der Waals surface area contributed by atoms with Crippen LogP contribution in [0.3, 0.4) is 0 Å². The molecule has 0 nitrogen and oxygen atoms in total. The first kappa shape index (κ1) is 25.5. The number of thiophene rings is 3. The Hall–Kier alpha value is -3.16. The van der Waals surface area contributed by atoms with Crippen LogP contribution >= 0.6 is 34.0 Å². The van der Waals surface area contributed by atoms with Crippen molar-refractivity contribution in [2.45, 2.75) is 0 Å². The van der Waals surface area contributed by atoms with Crippen LogP contribution in [-0.2, 0) is 0 Å². The van der Waals surface area contributed by atoms with Gasteiger partial charge in [0.05, 0.1) is 11.1 Å². The molecule has 0 unspecified atom stereocenters. The third-order valence-corrected chi connectivity index (χ3v) is 8.90. The molecule has 0 N–H and O–H groups in total. The molecule has 0 aliphatic carbocycles. The van der Waals surface area contributed by atoms with E-state index in [4.69, 9.17) is 0 Å². The van der Waals surface area contributed by atoms with Crippen LogP contribution in [0.2, 0.25) is 0 Å². The topological polar surface area (TPSA) is 0 Å². The van der Waals surface area contributed by atoms with Crippen LogP contribution in [0.5, 0.6) is 0 Å². The minimum atomic E-state index is -2.26. The Morgan fingerprint density at radius 2 is 0.459 bits per heavy atom. The molecule has 5 aromatic rings. The largest absolute Gasteiger partial charge is 0.203 e. The second kappa shape index (κ2) is 9.30. The van der Waals surface area contributed by atoms with Crippen LogP contribution in [-0.4, -0.2) is 0 Å². The second-order valence-corrected chi connectivity index (χ2v) is 10.6. The minimum Gasteiger partial charge on any atom is -0.203 e. The summed E-state index contributed by atoms with van der Waals surface area (Å²) in [5.41, 5.74) is -2.12. The first-order chi connectivity index (χ1) is 17.5. The molecule has 0 saturated heterocycles. The third kappa shape index (κ3) is 4.05. The zero-order valence-corrected chi connectivity index (χ0v) is 19.9. The summed E-state index contributed by atoms with van der Waals surface area (Å²) in [6.45, 7) is 0. The highest BCUT2D eigenvalue weighted by Gasteiger charge is 2.29. The molecule has 0 bridgehead atoms. The van der Waals surface area contributed by atoms with E-state index < -0.39 is 69.3 Å². The van der Waals surface area contributed by atoms with Crippen LogP contribution in [0.25, 0.3) is 40.4 Å². The Morgan fingerprint density at radius 1 is 0.270 bits per heavy atom. The van der Waals surface area contributed by atoms with Crippen molar-refractivity contribution in [3.8, 4) is 40.4 Å². The summed E-state index contributed by atoms with van der Waals surface area (Å²) in [7, 11) is 0. The quantitative estimate of drug-likeness (QED) is 0.113. The van der Waals surface area contributed by atoms with Crippen molar-refractivity contribution in [1.29, 1.82) is 0 Å². The van der Waals surface area contributed by atoms with Gasteiger partial charge >= 0.3 is 0 Å². The molecule has 5 rings (SSSR count). The van der Waals surface area contributed by atoms with E-state index in [1.807, 2.05) is 0 Å². The molecule has 37 heavy (non-hydrogen) atoms. The molecule has 0 aliphatic heterocycles. The lowest BCUT2D eigenvalue weighted by Crippen LogP contribution is -2.03. The Labute approximate surface area is 212 Å². The van der Waals surface area contributed by atoms with Crippen LogP contribution in [0.1, 0.15) is 0 Å². The molecule has 3 aromatic heterocycles. The SMILES string of the molecule is Fc1c(F)c(F)c(-c2ccc(-c3ccc(-c4ccc(-c5c(F)c(F)c(F)c(F)c5F)s4)s3)s2)c(F)c1F. The molecule has 0 spiro atoms. The van der Waals surface area contributed by atoms with Crippen molar-refractivity contribution in [3.63, 3.8) is 0 Å². The van der Waals surface area contributed by atoms with Gasteiger partial charge in [-0.15, -0.1) is 34.0 Å². The molecule has 0 radical (unpaired) electrons. The van der Waals surface area contributed by atoms with Crippen molar-refractivity contribution in [1.82, 2.24) is 0 Å². The summed E-state index contributed by atoms with van der Waals surface area (Å²) in [6.07, 6.45) is 0. The zero-order valence-electron chi connectivity index (χ0n) is 17.5. The number of hydrogen-bond donors (Lipinski definition) is 0. The van der Waals surface area contributed by atoms with E-state index in [1.165, 1.54) is 24.3 Å². The summed E-state index contributed by atoms with van der Waals surface area (Å²) in [5, 5.41) is 0. The normalized spacial score (nSPS) is 11.5. The summed E-state index contributed by atoms with van der Waals surface area (Å²) < 4.78 is 138. The van der Waals surface area contributed by atoms with Crippen molar-refractivity contribution in [2.24, 2.45) is 0 Å². The van der Waals surface area contributed by atoms with Gasteiger partial charge in [0, 0.05) is 29.3 Å². The van der Waals surface area contributed by atoms with E-state index in [0.717, 1.165) is 34.0 Å². The average molecular weight is 580 g/mol. The highest BCUT2D eigenvalue weighted by molar-refractivity contribution is 7.27. The van der Waals surface area contributed by atoms with E-state index in [2.05, 4.69) is 0 Å². The van der Waals surface area contributed by atoms with E-state index in [9.17, 15) is 43.9 Å². The first-order valence-electron chi connectivity index (χ1n) is 9.85. The summed E-state index contributed by atoms with van der Waals surface area (Å²) in [5.74, 6) is -20.6. The molecule has 2 aromatic carbocycles. The van der Waals surface area contributed by atoms with Crippen molar-refractivity contribution in [3.05, 3.63) is 94.6 Å². The van der Waals surface area contributed by atoms with Crippen molar-refractivity contribution < 1.29 is 43.9 Å². The molecule has 3 heterocycles. The second-order valence-electron chi connectivity index (χ2n) is 7.38. The van der Waals surface area contributed by atoms with Crippen LogP contribution in [0, 0.1) is 58.2 Å². The molecule has 0 atom stereocenters. The van der Waals surface area contributed by atoms with Crippen LogP contribution in [0.15, 0.2) is 36.4 Å². The number of hydrogen-bond acceptors (Lipinski definition) is 3. The van der Waals surface area contributed by atoms with Gasteiger partial charge in [-0.2, -0.15) is 0 Å². The van der Waals surface area contributed by atoms with Gasteiger partial charge in [-0.25, -0.2) is 43.9 Å². The van der Waals surface area contributed by atoms with Crippen molar-refractivity contribution in [2.75, 3.05) is 0 Å². The zero-order chi connectivity index (χ0) is 26.8. The molecule has 13 heteroatoms. The van der Waals surface area contributed by atoms with Gasteiger partial charge in [0.15, 0.2) is 46.5 Å². The van der Waals surface area contributed by atoms with Gasteiger partial charge in [0.2, 0.25) is 11.6 Å². The number of halogens is 10. The molecule has 190 valence electrons. The maximum Gasteiger partial charge on any atom is 0.200 e. The Morgan fingerprint density at radius 3 is 0.730 bits per heavy atom. The lowest BCUT2D eigenvalue weighted by molar-refractivity contribution is 0.381. The first-order valence-corrected chi connectivity index (χ1v) is 12.3. The summed E-state index contributed by atoms with van der Waals surface area (Å²) >= 11 is 2.66. The Bertz CT molecular complexity index is 1510. The molecule has 0 fully saturated rings. The minimum absolute atomic E-state index is 0.206. The molecular weight excluding hydrogens is 574 g/mol. The molecule has 0 aliphatic rings. The lowest BCUT2D eigenvalue weighted by atomic mass is 10.1. The smallest absolute Gasteiger partial charge is 0.200 e. The maximum atomic E-state index is 14.2. The Kier molecular flexibility index (Phi) is 6.40. The van der Waals surface area contributed by atoms with Gasteiger partial charge in [-0.1, -0.05) is 0 Å². The lowest BCUT2D eigenvalue weighted by Gasteiger charge is -2.06. The Balaban J connectivity index is 1.49. The standard InChI is InChI=1S/C24H6F10S3/c25-15-13(16(26)20(30)23(33)19(15)29)11-5-3-9(36-11)7-1-2-8(35-7)10-4-6-12(37-10)14-17(27)21(31)24(34)22(32)18(14)28/h1-6H. The predicted molar refractivity (Wildman–Crippen MR) is 121 cm³/mol. The third-order valence-electron chi connectivity index (χ3n) is 5.22. The van der Waals surface area contributed by atoms with E-state index in [-0.39, 0.29) is 9.75 Å². The molecular formula is C24H6F10S3.